The molecule has 6 nitrogen and oxygen atoms in total. The van der Waals surface area contributed by atoms with E-state index in [0.29, 0.717) is 25.9 Å². The van der Waals surface area contributed by atoms with Crippen molar-refractivity contribution in [3.05, 3.63) is 66.0 Å². The monoisotopic (exact) mass is 445 g/mol. The SMILES string of the molecule is O=C(NC1CCN(Cc2ccccc2)C1)C1CCN(S(=O)(=O)c2ccc(F)cc2)CC1. The zero-order chi connectivity index (χ0) is 21.8. The van der Waals surface area contributed by atoms with Crippen LogP contribution in [0.25, 0.3) is 0 Å². The molecule has 31 heavy (non-hydrogen) atoms. The fraction of sp³-hybridized carbons (Fsp3) is 0.435. The average Bonchev–Trinajstić information content (AvgIpc) is 3.21. The predicted octanol–water partition coefficient (Wildman–Crippen LogP) is 2.62. The second kappa shape index (κ2) is 9.46. The molecule has 0 bridgehead atoms. The smallest absolute Gasteiger partial charge is 0.243 e. The number of carbonyl (C=O) groups is 1. The first kappa shape index (κ1) is 21.9. The van der Waals surface area contributed by atoms with E-state index in [1.807, 2.05) is 18.2 Å². The second-order valence-corrected chi connectivity index (χ2v) is 10.3. The van der Waals surface area contributed by atoms with Crippen molar-refractivity contribution in [2.75, 3.05) is 26.2 Å². The van der Waals surface area contributed by atoms with Gasteiger partial charge in [-0.25, -0.2) is 12.8 Å². The Kier molecular flexibility index (Phi) is 6.69. The Morgan fingerprint density at radius 1 is 0.968 bits per heavy atom. The molecule has 2 heterocycles. The molecule has 0 aliphatic carbocycles. The molecule has 0 aromatic heterocycles. The summed E-state index contributed by atoms with van der Waals surface area (Å²) in [6.07, 6.45) is 1.91. The summed E-state index contributed by atoms with van der Waals surface area (Å²) in [5.74, 6) is -0.628. The minimum absolute atomic E-state index is 0.0189. The molecule has 1 unspecified atom stereocenters. The zero-order valence-corrected chi connectivity index (χ0v) is 18.2. The number of rotatable bonds is 6. The molecule has 0 radical (unpaired) electrons. The summed E-state index contributed by atoms with van der Waals surface area (Å²) in [4.78, 5) is 15.2. The number of nitrogens with zero attached hydrogens (tertiary/aromatic N) is 2. The molecular weight excluding hydrogens is 417 g/mol. The van der Waals surface area contributed by atoms with Gasteiger partial charge in [-0.15, -0.1) is 0 Å². The molecule has 2 aliphatic rings. The molecule has 0 saturated carbocycles. The van der Waals surface area contributed by atoms with E-state index >= 15 is 0 Å². The van der Waals surface area contributed by atoms with Gasteiger partial charge in [-0.1, -0.05) is 30.3 Å². The van der Waals surface area contributed by atoms with E-state index in [1.54, 1.807) is 0 Å². The van der Waals surface area contributed by atoms with Crippen LogP contribution in [0, 0.1) is 11.7 Å². The molecule has 1 atom stereocenters. The Morgan fingerprint density at radius 2 is 1.65 bits per heavy atom. The number of amides is 1. The Hall–Kier alpha value is -2.29. The highest BCUT2D eigenvalue weighted by atomic mass is 32.2. The van der Waals surface area contributed by atoms with E-state index in [0.717, 1.165) is 38.2 Å². The van der Waals surface area contributed by atoms with Crippen LogP contribution in [0.15, 0.2) is 59.5 Å². The normalized spacial score (nSPS) is 21.3. The molecule has 2 aromatic carbocycles. The van der Waals surface area contributed by atoms with Crippen molar-refractivity contribution in [3.8, 4) is 0 Å². The standard InChI is InChI=1S/C23H28FN3O3S/c24-20-6-8-22(9-7-20)31(29,30)27-14-10-19(11-15-27)23(28)25-21-12-13-26(17-21)16-18-4-2-1-3-5-18/h1-9,19,21H,10-17H2,(H,25,28). The Bertz CT molecular complexity index is 990. The number of hydrogen-bond donors (Lipinski definition) is 1. The lowest BCUT2D eigenvalue weighted by Crippen LogP contribution is -2.45. The largest absolute Gasteiger partial charge is 0.352 e. The quantitative estimate of drug-likeness (QED) is 0.742. The van der Waals surface area contributed by atoms with Gasteiger partial charge in [0.05, 0.1) is 4.90 Å². The summed E-state index contributed by atoms with van der Waals surface area (Å²) in [5.41, 5.74) is 1.27. The van der Waals surface area contributed by atoms with Crippen molar-refractivity contribution in [1.82, 2.24) is 14.5 Å². The van der Waals surface area contributed by atoms with Crippen LogP contribution in [0.3, 0.4) is 0 Å². The van der Waals surface area contributed by atoms with Gasteiger partial charge < -0.3 is 5.32 Å². The van der Waals surface area contributed by atoms with Gasteiger partial charge in [0, 0.05) is 44.7 Å². The van der Waals surface area contributed by atoms with Gasteiger partial charge in [0.2, 0.25) is 15.9 Å². The number of sulfonamides is 1. The maximum atomic E-state index is 13.1. The van der Waals surface area contributed by atoms with Crippen LogP contribution in [0.1, 0.15) is 24.8 Å². The summed E-state index contributed by atoms with van der Waals surface area (Å²) in [7, 11) is -3.66. The molecule has 2 saturated heterocycles. The lowest BCUT2D eigenvalue weighted by molar-refractivity contribution is -0.126. The van der Waals surface area contributed by atoms with Gasteiger partial charge in [-0.05, 0) is 49.1 Å². The fourth-order valence-electron chi connectivity index (χ4n) is 4.37. The van der Waals surface area contributed by atoms with E-state index in [-0.39, 0.29) is 22.8 Å². The molecule has 0 spiro atoms. The molecule has 1 amide bonds. The first-order valence-electron chi connectivity index (χ1n) is 10.7. The molecule has 2 fully saturated rings. The van der Waals surface area contributed by atoms with Gasteiger partial charge in [0.1, 0.15) is 5.82 Å². The number of likely N-dealkylation sites (tertiary alicyclic amines) is 1. The van der Waals surface area contributed by atoms with E-state index in [9.17, 15) is 17.6 Å². The highest BCUT2D eigenvalue weighted by Crippen LogP contribution is 2.25. The summed E-state index contributed by atoms with van der Waals surface area (Å²) in [6, 6.07) is 15.3. The summed E-state index contributed by atoms with van der Waals surface area (Å²) in [6.45, 7) is 3.25. The first-order chi connectivity index (χ1) is 14.9. The van der Waals surface area contributed by atoms with Gasteiger partial charge in [-0.3, -0.25) is 9.69 Å². The average molecular weight is 446 g/mol. The van der Waals surface area contributed by atoms with Crippen LogP contribution >= 0.6 is 0 Å². The lowest BCUT2D eigenvalue weighted by Gasteiger charge is -2.31. The third-order valence-corrected chi connectivity index (χ3v) is 8.06. The van der Waals surface area contributed by atoms with Gasteiger partial charge in [-0.2, -0.15) is 4.31 Å². The van der Waals surface area contributed by atoms with Crippen molar-refractivity contribution in [2.24, 2.45) is 5.92 Å². The van der Waals surface area contributed by atoms with Crippen LogP contribution in [-0.2, 0) is 21.4 Å². The van der Waals surface area contributed by atoms with Crippen LogP contribution in [-0.4, -0.2) is 55.8 Å². The van der Waals surface area contributed by atoms with Crippen LogP contribution in [0.5, 0.6) is 0 Å². The minimum Gasteiger partial charge on any atom is -0.352 e. The molecular formula is C23H28FN3O3S. The Labute approximate surface area is 183 Å². The van der Waals surface area contributed by atoms with Crippen LogP contribution in [0.2, 0.25) is 0 Å². The number of benzene rings is 2. The second-order valence-electron chi connectivity index (χ2n) is 8.35. The highest BCUT2D eigenvalue weighted by Gasteiger charge is 2.33. The Balaban J connectivity index is 1.25. The Morgan fingerprint density at radius 3 is 2.32 bits per heavy atom. The number of carbonyl (C=O) groups excluding carboxylic acids is 1. The highest BCUT2D eigenvalue weighted by molar-refractivity contribution is 7.89. The molecule has 4 rings (SSSR count). The first-order valence-corrected chi connectivity index (χ1v) is 12.2. The van der Waals surface area contributed by atoms with Crippen LogP contribution in [0.4, 0.5) is 4.39 Å². The number of hydrogen-bond acceptors (Lipinski definition) is 4. The maximum Gasteiger partial charge on any atom is 0.243 e. The topological polar surface area (TPSA) is 69.7 Å². The van der Waals surface area contributed by atoms with Crippen molar-refractivity contribution in [1.29, 1.82) is 0 Å². The summed E-state index contributed by atoms with van der Waals surface area (Å²) >= 11 is 0. The molecule has 2 aromatic rings. The summed E-state index contributed by atoms with van der Waals surface area (Å²) in [5, 5.41) is 3.17. The van der Waals surface area contributed by atoms with Crippen molar-refractivity contribution in [3.63, 3.8) is 0 Å². The predicted molar refractivity (Wildman–Crippen MR) is 116 cm³/mol. The van der Waals surface area contributed by atoms with Crippen molar-refractivity contribution >= 4 is 15.9 Å². The van der Waals surface area contributed by atoms with Crippen molar-refractivity contribution in [2.45, 2.75) is 36.7 Å². The van der Waals surface area contributed by atoms with E-state index in [1.165, 1.54) is 22.0 Å². The molecule has 8 heteroatoms. The van der Waals surface area contributed by atoms with Gasteiger partial charge >= 0.3 is 0 Å². The maximum absolute atomic E-state index is 13.1. The number of piperidine rings is 1. The number of halogens is 1. The van der Waals surface area contributed by atoms with Gasteiger partial charge in [0.25, 0.3) is 0 Å². The molecule has 1 N–H and O–H groups in total. The van der Waals surface area contributed by atoms with E-state index in [4.69, 9.17) is 0 Å². The van der Waals surface area contributed by atoms with E-state index in [2.05, 4.69) is 22.3 Å². The van der Waals surface area contributed by atoms with Crippen LogP contribution < -0.4 is 5.32 Å². The third-order valence-electron chi connectivity index (χ3n) is 6.14. The van der Waals surface area contributed by atoms with E-state index < -0.39 is 15.8 Å². The summed E-state index contributed by atoms with van der Waals surface area (Å²) < 4.78 is 40.0. The fourth-order valence-corrected chi connectivity index (χ4v) is 5.84. The third kappa shape index (κ3) is 5.31. The molecule has 166 valence electrons. The minimum atomic E-state index is -3.66. The lowest BCUT2D eigenvalue weighted by atomic mass is 9.97. The van der Waals surface area contributed by atoms with Gasteiger partial charge in [0.15, 0.2) is 0 Å². The van der Waals surface area contributed by atoms with Crippen molar-refractivity contribution < 1.29 is 17.6 Å². The molecule has 2 aliphatic heterocycles. The zero-order valence-electron chi connectivity index (χ0n) is 17.4. The number of nitrogens with one attached hydrogen (secondary N) is 1.